The van der Waals surface area contributed by atoms with E-state index in [-0.39, 0.29) is 30.9 Å². The molecule has 0 aromatic carbocycles. The highest BCUT2D eigenvalue weighted by Crippen LogP contribution is 2.29. The van der Waals surface area contributed by atoms with Gasteiger partial charge in [0.1, 0.15) is 11.1 Å². The van der Waals surface area contributed by atoms with Crippen molar-refractivity contribution in [2.75, 3.05) is 13.1 Å². The van der Waals surface area contributed by atoms with Gasteiger partial charge in [-0.15, -0.1) is 36.2 Å². The largest absolute Gasteiger partial charge is 0.386 e. The number of nitrogens with one attached hydrogen (secondary N) is 1. The predicted octanol–water partition coefficient (Wildman–Crippen LogP) is 2.02. The second-order valence-corrected chi connectivity index (χ2v) is 4.33. The molecule has 0 bridgehead atoms. The molecule has 6 heteroatoms. The van der Waals surface area contributed by atoms with Crippen LogP contribution in [0.4, 0.5) is 0 Å². The summed E-state index contributed by atoms with van der Waals surface area (Å²) in [5, 5.41) is 16.0. The van der Waals surface area contributed by atoms with Gasteiger partial charge in [0, 0.05) is 11.6 Å². The summed E-state index contributed by atoms with van der Waals surface area (Å²) in [6.07, 6.45) is 3.52. The molecule has 0 spiro atoms. The molecule has 0 saturated carbocycles. The zero-order valence-electron chi connectivity index (χ0n) is 8.26. The SMILES string of the molecule is Cl.Cl.OC(c1nccs1)C1CCNCC1. The van der Waals surface area contributed by atoms with Crippen molar-refractivity contribution in [2.24, 2.45) is 5.92 Å². The van der Waals surface area contributed by atoms with Crippen molar-refractivity contribution in [3.63, 3.8) is 0 Å². The summed E-state index contributed by atoms with van der Waals surface area (Å²) in [7, 11) is 0. The standard InChI is InChI=1S/C9H14N2OS.2ClH/c12-8(9-11-5-6-13-9)7-1-3-10-4-2-7;;/h5-8,10,12H,1-4H2;2*1H. The number of hydrogen-bond acceptors (Lipinski definition) is 4. The number of hydrogen-bond donors (Lipinski definition) is 2. The van der Waals surface area contributed by atoms with Gasteiger partial charge in [-0.05, 0) is 31.8 Å². The van der Waals surface area contributed by atoms with Crippen LogP contribution in [-0.4, -0.2) is 23.2 Å². The normalized spacial score (nSPS) is 18.7. The Kier molecular flexibility index (Phi) is 7.48. The Bertz CT molecular complexity index is 253. The summed E-state index contributed by atoms with van der Waals surface area (Å²) < 4.78 is 0. The number of aliphatic hydroxyl groups excluding tert-OH is 1. The fourth-order valence-electron chi connectivity index (χ4n) is 1.74. The molecule has 1 aliphatic heterocycles. The molecular weight excluding hydrogens is 255 g/mol. The Morgan fingerprint density at radius 1 is 1.40 bits per heavy atom. The van der Waals surface area contributed by atoms with Gasteiger partial charge in [0.2, 0.25) is 0 Å². The maximum atomic E-state index is 9.95. The van der Waals surface area contributed by atoms with E-state index in [4.69, 9.17) is 0 Å². The van der Waals surface area contributed by atoms with Crippen LogP contribution in [0.5, 0.6) is 0 Å². The second kappa shape index (κ2) is 7.41. The number of nitrogens with zero attached hydrogens (tertiary/aromatic N) is 1. The molecule has 2 heterocycles. The number of rotatable bonds is 2. The summed E-state index contributed by atoms with van der Waals surface area (Å²) in [6, 6.07) is 0. The van der Waals surface area contributed by atoms with Crippen LogP contribution in [0.1, 0.15) is 24.0 Å². The van der Waals surface area contributed by atoms with Crippen LogP contribution in [0, 0.1) is 5.92 Å². The Labute approximate surface area is 106 Å². The molecule has 1 unspecified atom stereocenters. The topological polar surface area (TPSA) is 45.2 Å². The number of aliphatic hydroxyl groups is 1. The Hall–Kier alpha value is 0.130. The van der Waals surface area contributed by atoms with Crippen LogP contribution >= 0.6 is 36.2 Å². The molecule has 0 radical (unpaired) electrons. The van der Waals surface area contributed by atoms with E-state index in [2.05, 4.69) is 10.3 Å². The van der Waals surface area contributed by atoms with Crippen molar-refractivity contribution in [1.29, 1.82) is 0 Å². The van der Waals surface area contributed by atoms with Gasteiger partial charge in [-0.2, -0.15) is 0 Å². The second-order valence-electron chi connectivity index (χ2n) is 3.40. The monoisotopic (exact) mass is 270 g/mol. The molecule has 15 heavy (non-hydrogen) atoms. The zero-order valence-corrected chi connectivity index (χ0v) is 10.7. The third-order valence-corrected chi connectivity index (χ3v) is 3.38. The number of aromatic nitrogens is 1. The van der Waals surface area contributed by atoms with Crippen molar-refractivity contribution in [3.05, 3.63) is 16.6 Å². The minimum Gasteiger partial charge on any atom is -0.386 e. The minimum absolute atomic E-state index is 0. The third-order valence-electron chi connectivity index (χ3n) is 2.53. The van der Waals surface area contributed by atoms with Gasteiger partial charge in [-0.25, -0.2) is 4.98 Å². The summed E-state index contributed by atoms with van der Waals surface area (Å²) in [5.74, 6) is 0.396. The van der Waals surface area contributed by atoms with E-state index < -0.39 is 0 Å². The van der Waals surface area contributed by atoms with Crippen molar-refractivity contribution in [3.8, 4) is 0 Å². The van der Waals surface area contributed by atoms with Crippen molar-refractivity contribution < 1.29 is 5.11 Å². The highest BCUT2D eigenvalue weighted by atomic mass is 35.5. The van der Waals surface area contributed by atoms with Crippen LogP contribution in [0.15, 0.2) is 11.6 Å². The summed E-state index contributed by atoms with van der Waals surface area (Å²) in [6.45, 7) is 2.04. The predicted molar refractivity (Wildman–Crippen MR) is 67.2 cm³/mol. The first-order chi connectivity index (χ1) is 6.38. The van der Waals surface area contributed by atoms with Gasteiger partial charge in [0.25, 0.3) is 0 Å². The van der Waals surface area contributed by atoms with E-state index in [1.165, 1.54) is 0 Å². The first kappa shape index (κ1) is 15.1. The first-order valence-electron chi connectivity index (χ1n) is 4.66. The Morgan fingerprint density at radius 3 is 2.60 bits per heavy atom. The highest BCUT2D eigenvalue weighted by Gasteiger charge is 2.24. The van der Waals surface area contributed by atoms with Crippen LogP contribution in [0.3, 0.4) is 0 Å². The van der Waals surface area contributed by atoms with Crippen LogP contribution in [0.2, 0.25) is 0 Å². The lowest BCUT2D eigenvalue weighted by Gasteiger charge is -2.25. The minimum atomic E-state index is -0.345. The lowest BCUT2D eigenvalue weighted by molar-refractivity contribution is 0.0887. The molecule has 1 aromatic heterocycles. The average Bonchev–Trinajstić information content (AvgIpc) is 2.71. The molecule has 1 fully saturated rings. The van der Waals surface area contributed by atoms with E-state index in [1.807, 2.05) is 5.38 Å². The Morgan fingerprint density at radius 2 is 2.07 bits per heavy atom. The summed E-state index contributed by atoms with van der Waals surface area (Å²) in [5.41, 5.74) is 0. The molecule has 1 saturated heterocycles. The molecule has 0 amide bonds. The van der Waals surface area contributed by atoms with Crippen molar-refractivity contribution in [1.82, 2.24) is 10.3 Å². The van der Waals surface area contributed by atoms with E-state index in [1.54, 1.807) is 17.5 Å². The van der Waals surface area contributed by atoms with E-state index in [9.17, 15) is 5.11 Å². The fraction of sp³-hybridized carbons (Fsp3) is 0.667. The van der Waals surface area contributed by atoms with Gasteiger partial charge in [-0.3, -0.25) is 0 Å². The lowest BCUT2D eigenvalue weighted by Crippen LogP contribution is -2.30. The van der Waals surface area contributed by atoms with Crippen LogP contribution < -0.4 is 5.32 Å². The molecule has 1 aromatic rings. The molecule has 0 aliphatic carbocycles. The summed E-state index contributed by atoms with van der Waals surface area (Å²) in [4.78, 5) is 4.14. The zero-order chi connectivity index (χ0) is 9.10. The number of thiazole rings is 1. The van der Waals surface area contributed by atoms with E-state index in [0.717, 1.165) is 30.9 Å². The van der Waals surface area contributed by atoms with Crippen LogP contribution in [0.25, 0.3) is 0 Å². The quantitative estimate of drug-likeness (QED) is 0.865. The first-order valence-corrected chi connectivity index (χ1v) is 5.54. The molecule has 3 nitrogen and oxygen atoms in total. The van der Waals surface area contributed by atoms with Crippen molar-refractivity contribution in [2.45, 2.75) is 18.9 Å². The average molecular weight is 271 g/mol. The molecule has 1 aliphatic rings. The highest BCUT2D eigenvalue weighted by molar-refractivity contribution is 7.09. The number of halogens is 2. The van der Waals surface area contributed by atoms with E-state index in [0.29, 0.717) is 5.92 Å². The van der Waals surface area contributed by atoms with Gasteiger partial charge >= 0.3 is 0 Å². The van der Waals surface area contributed by atoms with Gasteiger partial charge < -0.3 is 10.4 Å². The van der Waals surface area contributed by atoms with Crippen LogP contribution in [-0.2, 0) is 0 Å². The maximum absolute atomic E-state index is 9.95. The van der Waals surface area contributed by atoms with Gasteiger partial charge in [0.05, 0.1) is 0 Å². The van der Waals surface area contributed by atoms with Crippen molar-refractivity contribution >= 4 is 36.2 Å². The molecular formula is C9H16Cl2N2OS. The van der Waals surface area contributed by atoms with Gasteiger partial charge in [0.15, 0.2) is 0 Å². The van der Waals surface area contributed by atoms with E-state index >= 15 is 0 Å². The smallest absolute Gasteiger partial charge is 0.121 e. The molecule has 88 valence electrons. The summed E-state index contributed by atoms with van der Waals surface area (Å²) >= 11 is 1.54. The fourth-order valence-corrected chi connectivity index (χ4v) is 2.46. The maximum Gasteiger partial charge on any atom is 0.121 e. The molecule has 2 N–H and O–H groups in total. The Balaban J connectivity index is 0.000000980. The molecule has 1 atom stereocenters. The lowest BCUT2D eigenvalue weighted by atomic mass is 9.92. The number of piperidine rings is 1. The molecule has 2 rings (SSSR count). The third kappa shape index (κ3) is 3.89. The van der Waals surface area contributed by atoms with Gasteiger partial charge in [-0.1, -0.05) is 0 Å².